The van der Waals surface area contributed by atoms with Crippen molar-refractivity contribution in [2.45, 2.75) is 26.4 Å². The van der Waals surface area contributed by atoms with Crippen LogP contribution in [0.4, 0.5) is 0 Å². The van der Waals surface area contributed by atoms with E-state index >= 15 is 0 Å². The third-order valence-electron chi connectivity index (χ3n) is 3.16. The van der Waals surface area contributed by atoms with Crippen LogP contribution in [0.25, 0.3) is 0 Å². The Labute approximate surface area is 108 Å². The molecule has 1 saturated heterocycles. The van der Waals surface area contributed by atoms with Crippen molar-refractivity contribution in [2.24, 2.45) is 0 Å². The summed E-state index contributed by atoms with van der Waals surface area (Å²) < 4.78 is 5.68. The highest BCUT2D eigenvalue weighted by Gasteiger charge is 2.20. The molecule has 100 valence electrons. The normalized spacial score (nSPS) is 20.3. The summed E-state index contributed by atoms with van der Waals surface area (Å²) in [5.41, 5.74) is 2.53. The number of benzene rings is 1. The maximum absolute atomic E-state index is 9.29. The Morgan fingerprint density at radius 3 is 2.89 bits per heavy atom. The van der Waals surface area contributed by atoms with Gasteiger partial charge in [-0.25, -0.2) is 0 Å². The molecule has 1 aromatic carbocycles. The minimum atomic E-state index is -0.342. The molecule has 0 amide bonds. The Morgan fingerprint density at radius 2 is 2.22 bits per heavy atom. The van der Waals surface area contributed by atoms with E-state index in [0.29, 0.717) is 19.8 Å². The lowest BCUT2D eigenvalue weighted by Crippen LogP contribution is -2.23. The summed E-state index contributed by atoms with van der Waals surface area (Å²) in [5.74, 6) is 0.917. The monoisotopic (exact) mass is 251 g/mol. The summed E-state index contributed by atoms with van der Waals surface area (Å²) in [7, 11) is 0. The molecule has 1 aromatic rings. The number of aliphatic hydroxyl groups excluding tert-OH is 1. The van der Waals surface area contributed by atoms with Gasteiger partial charge < -0.3 is 9.84 Å². The van der Waals surface area contributed by atoms with Crippen LogP contribution >= 0.6 is 0 Å². The molecule has 0 unspecified atom stereocenters. The topological polar surface area (TPSA) is 41.9 Å². The molecule has 1 aliphatic heterocycles. The largest absolute Gasteiger partial charge is 0.494 e. The molecule has 0 aliphatic carbocycles. The number of nitrogens with zero attached hydrogens (tertiary/aromatic N) is 1. The van der Waals surface area contributed by atoms with Gasteiger partial charge in [0.2, 0.25) is 0 Å². The van der Waals surface area contributed by atoms with Gasteiger partial charge in [0.1, 0.15) is 5.75 Å². The lowest BCUT2D eigenvalue weighted by atomic mass is 10.1. The first-order valence-electron chi connectivity index (χ1n) is 6.41. The predicted molar refractivity (Wildman–Crippen MR) is 69.6 cm³/mol. The van der Waals surface area contributed by atoms with Crippen molar-refractivity contribution in [2.75, 3.05) is 26.3 Å². The van der Waals surface area contributed by atoms with Gasteiger partial charge in [-0.15, -0.1) is 0 Å². The van der Waals surface area contributed by atoms with E-state index in [4.69, 9.17) is 9.57 Å². The number of hydrogen-bond donors (Lipinski definition) is 1. The van der Waals surface area contributed by atoms with E-state index < -0.39 is 0 Å². The Hall–Kier alpha value is -1.10. The van der Waals surface area contributed by atoms with Crippen molar-refractivity contribution in [1.82, 2.24) is 5.06 Å². The highest BCUT2D eigenvalue weighted by Crippen LogP contribution is 2.16. The molecule has 4 nitrogen and oxygen atoms in total. The highest BCUT2D eigenvalue weighted by molar-refractivity contribution is 5.33. The predicted octanol–water partition coefficient (Wildman–Crippen LogP) is 1.68. The van der Waals surface area contributed by atoms with Crippen LogP contribution in [0.2, 0.25) is 0 Å². The number of ether oxygens (including phenoxy) is 1. The molecule has 1 heterocycles. The number of β-amino-alcohol motifs (C(OH)–C–C–N with tert-alkyl or cyclic N) is 1. The van der Waals surface area contributed by atoms with Crippen LogP contribution in [0.3, 0.4) is 0 Å². The fraction of sp³-hybridized carbons (Fsp3) is 0.571. The lowest BCUT2D eigenvalue weighted by Gasteiger charge is -2.13. The van der Waals surface area contributed by atoms with Crippen LogP contribution < -0.4 is 4.74 Å². The van der Waals surface area contributed by atoms with Crippen molar-refractivity contribution < 1.29 is 14.7 Å². The number of rotatable bonds is 5. The third kappa shape index (κ3) is 3.70. The molecular weight excluding hydrogens is 230 g/mol. The summed E-state index contributed by atoms with van der Waals surface area (Å²) in [6, 6.07) is 6.13. The second kappa shape index (κ2) is 6.18. The van der Waals surface area contributed by atoms with E-state index in [2.05, 4.69) is 26.0 Å². The Morgan fingerprint density at radius 1 is 1.39 bits per heavy atom. The van der Waals surface area contributed by atoms with Gasteiger partial charge in [-0.05, 0) is 43.5 Å². The molecule has 0 spiro atoms. The highest BCUT2D eigenvalue weighted by atomic mass is 16.7. The van der Waals surface area contributed by atoms with Crippen molar-refractivity contribution >= 4 is 0 Å². The number of hydrogen-bond acceptors (Lipinski definition) is 4. The lowest BCUT2D eigenvalue weighted by molar-refractivity contribution is -0.112. The average Bonchev–Trinajstić information content (AvgIpc) is 2.75. The van der Waals surface area contributed by atoms with Crippen LogP contribution in [0.1, 0.15) is 17.5 Å². The molecule has 1 N–H and O–H groups in total. The van der Waals surface area contributed by atoms with Crippen LogP contribution in [0.15, 0.2) is 18.2 Å². The fourth-order valence-corrected chi connectivity index (χ4v) is 1.92. The van der Waals surface area contributed by atoms with E-state index in [0.717, 1.165) is 18.7 Å². The number of aryl methyl sites for hydroxylation is 2. The molecule has 1 fully saturated rings. The molecule has 18 heavy (non-hydrogen) atoms. The molecule has 0 saturated carbocycles. The maximum atomic E-state index is 9.29. The first-order chi connectivity index (χ1) is 8.65. The summed E-state index contributed by atoms with van der Waals surface area (Å²) in [6.07, 6.45) is 0.547. The van der Waals surface area contributed by atoms with Gasteiger partial charge in [0.25, 0.3) is 0 Å². The van der Waals surface area contributed by atoms with Gasteiger partial charge in [-0.2, -0.15) is 5.06 Å². The van der Waals surface area contributed by atoms with E-state index in [9.17, 15) is 5.11 Å². The SMILES string of the molecule is Cc1ccc(OCCCN2C[C@@H](O)CO2)cc1C. The van der Waals surface area contributed by atoms with Gasteiger partial charge in [-0.1, -0.05) is 6.07 Å². The third-order valence-corrected chi connectivity index (χ3v) is 3.16. The number of hydroxylamine groups is 2. The van der Waals surface area contributed by atoms with Crippen LogP contribution in [0, 0.1) is 13.8 Å². The van der Waals surface area contributed by atoms with Gasteiger partial charge in [0.05, 0.1) is 25.9 Å². The maximum Gasteiger partial charge on any atom is 0.119 e. The first-order valence-corrected chi connectivity index (χ1v) is 6.41. The minimum Gasteiger partial charge on any atom is -0.494 e. The smallest absolute Gasteiger partial charge is 0.119 e. The molecule has 1 atom stereocenters. The van der Waals surface area contributed by atoms with Gasteiger partial charge in [0, 0.05) is 6.54 Å². The first kappa shape index (κ1) is 13.3. The molecular formula is C14H21NO3. The van der Waals surface area contributed by atoms with Crippen molar-refractivity contribution in [3.63, 3.8) is 0 Å². The van der Waals surface area contributed by atoms with Crippen molar-refractivity contribution in [1.29, 1.82) is 0 Å². The zero-order valence-corrected chi connectivity index (χ0v) is 11.1. The summed E-state index contributed by atoms with van der Waals surface area (Å²) in [5, 5.41) is 11.1. The summed E-state index contributed by atoms with van der Waals surface area (Å²) in [6.45, 7) is 6.65. The fourth-order valence-electron chi connectivity index (χ4n) is 1.92. The van der Waals surface area contributed by atoms with Crippen LogP contribution in [-0.2, 0) is 4.84 Å². The van der Waals surface area contributed by atoms with E-state index in [1.54, 1.807) is 5.06 Å². The summed E-state index contributed by atoms with van der Waals surface area (Å²) in [4.78, 5) is 5.28. The van der Waals surface area contributed by atoms with Gasteiger partial charge >= 0.3 is 0 Å². The minimum absolute atomic E-state index is 0.342. The summed E-state index contributed by atoms with van der Waals surface area (Å²) >= 11 is 0. The average molecular weight is 251 g/mol. The molecule has 2 rings (SSSR count). The molecule has 0 radical (unpaired) electrons. The van der Waals surface area contributed by atoms with Gasteiger partial charge in [-0.3, -0.25) is 4.84 Å². The quantitative estimate of drug-likeness (QED) is 0.809. The zero-order valence-electron chi connectivity index (χ0n) is 11.1. The zero-order chi connectivity index (χ0) is 13.0. The standard InChI is InChI=1S/C14H21NO3/c1-11-4-5-14(8-12(11)2)17-7-3-6-15-9-13(16)10-18-15/h4-5,8,13,16H,3,6-7,9-10H2,1-2H3/t13-/m1/s1. The Bertz CT molecular complexity index is 395. The van der Waals surface area contributed by atoms with E-state index in [-0.39, 0.29) is 6.10 Å². The molecule has 0 bridgehead atoms. The number of aliphatic hydroxyl groups is 1. The van der Waals surface area contributed by atoms with Crippen molar-refractivity contribution in [3.05, 3.63) is 29.3 Å². The molecule has 4 heteroatoms. The van der Waals surface area contributed by atoms with Crippen molar-refractivity contribution in [3.8, 4) is 5.75 Å². The van der Waals surface area contributed by atoms with E-state index in [1.807, 2.05) is 6.07 Å². The second-order valence-corrected chi connectivity index (χ2v) is 4.79. The Balaban J connectivity index is 1.67. The van der Waals surface area contributed by atoms with Crippen LogP contribution in [0.5, 0.6) is 5.75 Å². The van der Waals surface area contributed by atoms with Crippen LogP contribution in [-0.4, -0.2) is 42.6 Å². The molecule has 0 aromatic heterocycles. The Kier molecular flexibility index (Phi) is 4.58. The second-order valence-electron chi connectivity index (χ2n) is 4.79. The molecule has 1 aliphatic rings. The van der Waals surface area contributed by atoms with Gasteiger partial charge in [0.15, 0.2) is 0 Å². The van der Waals surface area contributed by atoms with E-state index in [1.165, 1.54) is 11.1 Å².